The van der Waals surface area contributed by atoms with Gasteiger partial charge in [-0.3, -0.25) is 9.10 Å². The molecule has 1 amide bonds. The van der Waals surface area contributed by atoms with E-state index >= 15 is 0 Å². The van der Waals surface area contributed by atoms with Crippen molar-refractivity contribution in [1.29, 1.82) is 0 Å². The molecule has 130 valence electrons. The highest BCUT2D eigenvalue weighted by Crippen LogP contribution is 2.28. The number of aryl methyl sites for hydroxylation is 2. The van der Waals surface area contributed by atoms with Gasteiger partial charge in [-0.05, 0) is 24.0 Å². The largest absolute Gasteiger partial charge is 0.383 e. The number of sulfonamides is 1. The number of ether oxygens (including phenoxy) is 1. The molecule has 0 aliphatic carbocycles. The van der Waals surface area contributed by atoms with Crippen LogP contribution in [0.5, 0.6) is 0 Å². The summed E-state index contributed by atoms with van der Waals surface area (Å²) in [6, 6.07) is 5.71. The van der Waals surface area contributed by atoms with Crippen molar-refractivity contribution < 1.29 is 17.9 Å². The van der Waals surface area contributed by atoms with Crippen LogP contribution in [0.1, 0.15) is 25.0 Å². The lowest BCUT2D eigenvalue weighted by molar-refractivity contribution is -0.119. The standard InChI is InChI=1S/C16H26N2O4S/c1-5-13-8-7-9-14(6-2)16(13)18(23(4,20)21)12-15(19)17-10-11-22-3/h7-9H,5-6,10-12H2,1-4H3,(H,17,19). The predicted molar refractivity (Wildman–Crippen MR) is 92.3 cm³/mol. The van der Waals surface area contributed by atoms with Crippen molar-refractivity contribution in [2.24, 2.45) is 0 Å². The minimum atomic E-state index is -3.57. The number of methoxy groups -OCH3 is 1. The first-order valence-corrected chi connectivity index (χ1v) is 9.54. The molecule has 0 saturated carbocycles. The average Bonchev–Trinajstić information content (AvgIpc) is 2.51. The van der Waals surface area contributed by atoms with Crippen LogP contribution in [-0.4, -0.2) is 47.4 Å². The Labute approximate surface area is 138 Å². The second kappa shape index (κ2) is 8.88. The smallest absolute Gasteiger partial charge is 0.240 e. The molecule has 7 heteroatoms. The summed E-state index contributed by atoms with van der Waals surface area (Å²) in [5.41, 5.74) is 2.46. The summed E-state index contributed by atoms with van der Waals surface area (Å²) in [6.45, 7) is 4.45. The van der Waals surface area contributed by atoms with Crippen LogP contribution in [0, 0.1) is 0 Å². The Kier molecular flexibility index (Phi) is 7.51. The number of rotatable bonds is 9. The number of nitrogens with zero attached hydrogens (tertiary/aromatic N) is 1. The second-order valence-electron chi connectivity index (χ2n) is 5.24. The van der Waals surface area contributed by atoms with Crippen molar-refractivity contribution in [2.75, 3.05) is 37.4 Å². The van der Waals surface area contributed by atoms with E-state index in [-0.39, 0.29) is 12.5 Å². The van der Waals surface area contributed by atoms with Crippen LogP contribution in [0.2, 0.25) is 0 Å². The van der Waals surface area contributed by atoms with Crippen molar-refractivity contribution in [3.8, 4) is 0 Å². The van der Waals surface area contributed by atoms with Crippen LogP contribution in [0.4, 0.5) is 5.69 Å². The molecule has 0 atom stereocenters. The van der Waals surface area contributed by atoms with E-state index in [9.17, 15) is 13.2 Å². The lowest BCUT2D eigenvalue weighted by Crippen LogP contribution is -2.42. The number of amides is 1. The number of nitrogens with one attached hydrogen (secondary N) is 1. The number of para-hydroxylation sites is 1. The van der Waals surface area contributed by atoms with Crippen molar-refractivity contribution in [2.45, 2.75) is 26.7 Å². The van der Waals surface area contributed by atoms with Crippen LogP contribution in [0.15, 0.2) is 18.2 Å². The van der Waals surface area contributed by atoms with Crippen molar-refractivity contribution in [3.05, 3.63) is 29.3 Å². The molecule has 0 unspecified atom stereocenters. The molecule has 0 aromatic heterocycles. The van der Waals surface area contributed by atoms with Gasteiger partial charge in [0, 0.05) is 13.7 Å². The van der Waals surface area contributed by atoms with Gasteiger partial charge < -0.3 is 10.1 Å². The molecule has 0 bridgehead atoms. The molecule has 1 N–H and O–H groups in total. The van der Waals surface area contributed by atoms with Crippen LogP contribution in [0.3, 0.4) is 0 Å². The Morgan fingerprint density at radius 2 is 1.78 bits per heavy atom. The highest BCUT2D eigenvalue weighted by atomic mass is 32.2. The van der Waals surface area contributed by atoms with E-state index < -0.39 is 10.0 Å². The Morgan fingerprint density at radius 3 is 2.22 bits per heavy atom. The Balaban J connectivity index is 3.16. The zero-order chi connectivity index (χ0) is 17.5. The van der Waals surface area contributed by atoms with Crippen molar-refractivity contribution >= 4 is 21.6 Å². The molecule has 1 rings (SSSR count). The molecule has 1 aromatic carbocycles. The number of anilines is 1. The van der Waals surface area contributed by atoms with E-state index in [4.69, 9.17) is 4.74 Å². The van der Waals surface area contributed by atoms with Gasteiger partial charge >= 0.3 is 0 Å². The Bertz CT molecular complexity index is 607. The van der Waals surface area contributed by atoms with Crippen molar-refractivity contribution in [3.63, 3.8) is 0 Å². The minimum absolute atomic E-state index is 0.230. The van der Waals surface area contributed by atoms with Crippen molar-refractivity contribution in [1.82, 2.24) is 5.32 Å². The first kappa shape index (κ1) is 19.4. The van der Waals surface area contributed by atoms with E-state index in [1.807, 2.05) is 32.0 Å². The quantitative estimate of drug-likeness (QED) is 0.687. The molecule has 6 nitrogen and oxygen atoms in total. The summed E-state index contributed by atoms with van der Waals surface area (Å²) in [5.74, 6) is -0.347. The third kappa shape index (κ3) is 5.51. The van der Waals surface area contributed by atoms with Gasteiger partial charge in [0.25, 0.3) is 0 Å². The average molecular weight is 342 g/mol. The predicted octanol–water partition coefficient (Wildman–Crippen LogP) is 1.34. The highest BCUT2D eigenvalue weighted by Gasteiger charge is 2.24. The Morgan fingerprint density at radius 1 is 1.22 bits per heavy atom. The fraction of sp³-hybridized carbons (Fsp3) is 0.562. The number of carbonyl (C=O) groups is 1. The number of benzene rings is 1. The van der Waals surface area contributed by atoms with Gasteiger partial charge in [-0.2, -0.15) is 0 Å². The van der Waals surface area contributed by atoms with E-state index in [2.05, 4.69) is 5.32 Å². The molecule has 0 aliphatic rings. The minimum Gasteiger partial charge on any atom is -0.383 e. The first-order chi connectivity index (χ1) is 10.8. The van der Waals surface area contributed by atoms with Gasteiger partial charge in [0.15, 0.2) is 0 Å². The van der Waals surface area contributed by atoms with Gasteiger partial charge in [-0.25, -0.2) is 8.42 Å². The molecule has 0 fully saturated rings. The van der Waals surface area contributed by atoms with E-state index in [1.165, 1.54) is 4.31 Å². The topological polar surface area (TPSA) is 75.7 Å². The molecule has 1 aromatic rings. The number of carbonyl (C=O) groups excluding carboxylic acids is 1. The summed E-state index contributed by atoms with van der Waals surface area (Å²) in [4.78, 5) is 12.1. The third-order valence-corrected chi connectivity index (χ3v) is 4.64. The zero-order valence-corrected chi connectivity index (χ0v) is 15.1. The van der Waals surface area contributed by atoms with Crippen LogP contribution < -0.4 is 9.62 Å². The van der Waals surface area contributed by atoms with Gasteiger partial charge in [-0.1, -0.05) is 32.0 Å². The highest BCUT2D eigenvalue weighted by molar-refractivity contribution is 7.92. The fourth-order valence-electron chi connectivity index (χ4n) is 2.38. The lowest BCUT2D eigenvalue weighted by atomic mass is 10.0. The lowest BCUT2D eigenvalue weighted by Gasteiger charge is -2.26. The van der Waals surface area contributed by atoms with Crippen LogP contribution >= 0.6 is 0 Å². The molecular formula is C16H26N2O4S. The monoisotopic (exact) mass is 342 g/mol. The van der Waals surface area contributed by atoms with Crippen LogP contribution in [-0.2, 0) is 32.4 Å². The maximum Gasteiger partial charge on any atom is 0.240 e. The maximum absolute atomic E-state index is 12.3. The zero-order valence-electron chi connectivity index (χ0n) is 14.3. The molecule has 0 heterocycles. The second-order valence-corrected chi connectivity index (χ2v) is 7.15. The number of hydrogen-bond donors (Lipinski definition) is 1. The maximum atomic E-state index is 12.3. The van der Waals surface area contributed by atoms with Gasteiger partial charge in [-0.15, -0.1) is 0 Å². The van der Waals surface area contributed by atoms with Gasteiger partial charge in [0.05, 0.1) is 18.6 Å². The molecule has 0 aliphatic heterocycles. The van der Waals surface area contributed by atoms with E-state index in [0.29, 0.717) is 31.7 Å². The SMILES string of the molecule is CCc1cccc(CC)c1N(CC(=O)NCCOC)S(C)(=O)=O. The number of hydrogen-bond acceptors (Lipinski definition) is 4. The summed E-state index contributed by atoms with van der Waals surface area (Å²) in [7, 11) is -2.03. The Hall–Kier alpha value is -1.60. The summed E-state index contributed by atoms with van der Waals surface area (Å²) < 4.78 is 30.6. The molecule has 0 saturated heterocycles. The molecule has 23 heavy (non-hydrogen) atoms. The van der Waals surface area contributed by atoms with Gasteiger partial charge in [0.2, 0.25) is 15.9 Å². The summed E-state index contributed by atoms with van der Waals surface area (Å²) in [5, 5.41) is 2.66. The molecule has 0 spiro atoms. The molecular weight excluding hydrogens is 316 g/mol. The van der Waals surface area contributed by atoms with E-state index in [0.717, 1.165) is 17.4 Å². The summed E-state index contributed by atoms with van der Waals surface area (Å²) in [6.07, 6.45) is 2.52. The normalized spacial score (nSPS) is 11.3. The third-order valence-electron chi connectivity index (χ3n) is 3.53. The van der Waals surface area contributed by atoms with Gasteiger partial charge in [0.1, 0.15) is 6.54 Å². The summed E-state index contributed by atoms with van der Waals surface area (Å²) >= 11 is 0. The fourth-order valence-corrected chi connectivity index (χ4v) is 3.29. The van der Waals surface area contributed by atoms with E-state index in [1.54, 1.807) is 7.11 Å². The molecule has 0 radical (unpaired) electrons. The van der Waals surface area contributed by atoms with Crippen LogP contribution in [0.25, 0.3) is 0 Å². The first-order valence-electron chi connectivity index (χ1n) is 7.69.